The maximum absolute atomic E-state index is 13.2. The van der Waals surface area contributed by atoms with Crippen LogP contribution in [0, 0.1) is 9.39 Å². The Labute approximate surface area is 112 Å². The highest BCUT2D eigenvalue weighted by molar-refractivity contribution is 14.1. The van der Waals surface area contributed by atoms with E-state index in [9.17, 15) is 14.0 Å². The van der Waals surface area contributed by atoms with Gasteiger partial charge in [-0.15, -0.1) is 0 Å². The molecule has 1 aromatic heterocycles. The summed E-state index contributed by atoms with van der Waals surface area (Å²) in [6.07, 6.45) is 1.01. The Kier molecular flexibility index (Phi) is 4.29. The zero-order chi connectivity index (χ0) is 13.2. The summed E-state index contributed by atoms with van der Waals surface area (Å²) in [5.41, 5.74) is -1.05. The minimum atomic E-state index is -0.623. The maximum Gasteiger partial charge on any atom is 0.326 e. The Hall–Kier alpha value is -0.920. The van der Waals surface area contributed by atoms with E-state index in [1.54, 1.807) is 43.4 Å². The number of halogens is 2. The fraction of sp³-hybridized carbons (Fsp3) is 0.455. The van der Waals surface area contributed by atoms with Gasteiger partial charge in [0.05, 0.1) is 3.57 Å². The quantitative estimate of drug-likeness (QED) is 0.603. The van der Waals surface area contributed by atoms with Crippen LogP contribution in [0.4, 0.5) is 4.39 Å². The van der Waals surface area contributed by atoms with Crippen molar-refractivity contribution in [2.45, 2.75) is 32.9 Å². The predicted molar refractivity (Wildman–Crippen MR) is 69.2 cm³/mol. The van der Waals surface area contributed by atoms with Gasteiger partial charge in [-0.3, -0.25) is 9.59 Å². The van der Waals surface area contributed by atoms with Crippen molar-refractivity contribution in [3.8, 4) is 0 Å². The van der Waals surface area contributed by atoms with E-state index in [0.717, 1.165) is 16.8 Å². The third kappa shape index (κ3) is 4.45. The van der Waals surface area contributed by atoms with Crippen molar-refractivity contribution >= 4 is 28.6 Å². The van der Waals surface area contributed by atoms with Crippen molar-refractivity contribution in [2.75, 3.05) is 0 Å². The SMILES string of the molecule is CC(C)(C)OC(=O)Cn1cc(F)c(I)cc1=O. The zero-order valence-corrected chi connectivity index (χ0v) is 11.9. The summed E-state index contributed by atoms with van der Waals surface area (Å²) in [5, 5.41) is 0. The second kappa shape index (κ2) is 5.16. The fourth-order valence-electron chi connectivity index (χ4n) is 1.16. The highest BCUT2D eigenvalue weighted by Crippen LogP contribution is 2.09. The Morgan fingerprint density at radius 2 is 2.12 bits per heavy atom. The van der Waals surface area contributed by atoms with Crippen molar-refractivity contribution in [1.29, 1.82) is 0 Å². The maximum atomic E-state index is 13.2. The molecule has 6 heteroatoms. The zero-order valence-electron chi connectivity index (χ0n) is 9.79. The molecule has 4 nitrogen and oxygen atoms in total. The van der Waals surface area contributed by atoms with Crippen LogP contribution in [0.1, 0.15) is 20.8 Å². The summed E-state index contributed by atoms with van der Waals surface area (Å²) < 4.78 is 19.5. The lowest BCUT2D eigenvalue weighted by Crippen LogP contribution is -2.30. The average Bonchev–Trinajstić information content (AvgIpc) is 2.11. The molecule has 0 spiro atoms. The summed E-state index contributed by atoms with van der Waals surface area (Å²) in [6, 6.07) is 1.14. The number of hydrogen-bond acceptors (Lipinski definition) is 3. The first-order valence-corrected chi connectivity index (χ1v) is 6.04. The molecule has 94 valence electrons. The van der Waals surface area contributed by atoms with Crippen LogP contribution in [0.25, 0.3) is 0 Å². The van der Waals surface area contributed by atoms with Crippen LogP contribution in [0.5, 0.6) is 0 Å². The van der Waals surface area contributed by atoms with Crippen molar-refractivity contribution in [3.05, 3.63) is 32.0 Å². The minimum Gasteiger partial charge on any atom is -0.459 e. The Morgan fingerprint density at radius 1 is 1.53 bits per heavy atom. The van der Waals surface area contributed by atoms with Gasteiger partial charge in [0.1, 0.15) is 12.1 Å². The van der Waals surface area contributed by atoms with E-state index in [2.05, 4.69) is 0 Å². The Morgan fingerprint density at radius 3 is 2.65 bits per heavy atom. The van der Waals surface area contributed by atoms with Crippen LogP contribution in [0.2, 0.25) is 0 Å². The van der Waals surface area contributed by atoms with Crippen LogP contribution in [0.3, 0.4) is 0 Å². The molecule has 0 bridgehead atoms. The van der Waals surface area contributed by atoms with Gasteiger partial charge in [-0.25, -0.2) is 4.39 Å². The largest absolute Gasteiger partial charge is 0.459 e. The van der Waals surface area contributed by atoms with Gasteiger partial charge in [-0.05, 0) is 43.4 Å². The van der Waals surface area contributed by atoms with Gasteiger partial charge in [-0.1, -0.05) is 0 Å². The Balaban J connectivity index is 2.86. The van der Waals surface area contributed by atoms with Crippen molar-refractivity contribution in [3.63, 3.8) is 0 Å². The first-order valence-electron chi connectivity index (χ1n) is 4.96. The standard InChI is InChI=1S/C11H13FINO3/c1-11(2,3)17-10(16)6-14-5-7(12)8(13)4-9(14)15/h4-5H,6H2,1-3H3. The smallest absolute Gasteiger partial charge is 0.326 e. The minimum absolute atomic E-state index is 0.230. The molecule has 1 rings (SSSR count). The number of nitrogens with zero attached hydrogens (tertiary/aromatic N) is 1. The third-order valence-electron chi connectivity index (χ3n) is 1.75. The third-order valence-corrected chi connectivity index (χ3v) is 2.58. The highest BCUT2D eigenvalue weighted by atomic mass is 127. The van der Waals surface area contributed by atoms with Gasteiger partial charge in [0, 0.05) is 12.3 Å². The average molecular weight is 353 g/mol. The van der Waals surface area contributed by atoms with Crippen LogP contribution in [0.15, 0.2) is 17.1 Å². The molecule has 1 aromatic rings. The summed E-state index contributed by atoms with van der Waals surface area (Å²) in [6.45, 7) is 4.89. The Bertz CT molecular complexity index is 490. The number of hydrogen-bond donors (Lipinski definition) is 0. The van der Waals surface area contributed by atoms with Crippen molar-refractivity contribution in [2.24, 2.45) is 0 Å². The second-order valence-electron chi connectivity index (χ2n) is 4.52. The van der Waals surface area contributed by atoms with E-state index in [1.807, 2.05) is 0 Å². The number of carbonyl (C=O) groups is 1. The monoisotopic (exact) mass is 353 g/mol. The van der Waals surface area contributed by atoms with E-state index >= 15 is 0 Å². The van der Waals surface area contributed by atoms with Gasteiger partial charge in [0.15, 0.2) is 5.82 Å². The van der Waals surface area contributed by atoms with E-state index in [-0.39, 0.29) is 10.1 Å². The molecule has 1 heterocycles. The molecule has 0 atom stereocenters. The molecule has 0 aliphatic carbocycles. The molecule has 0 aliphatic rings. The summed E-state index contributed by atoms with van der Waals surface area (Å²) >= 11 is 1.72. The first kappa shape index (κ1) is 14.1. The normalized spacial score (nSPS) is 11.4. The molecule has 0 aromatic carbocycles. The topological polar surface area (TPSA) is 48.3 Å². The van der Waals surface area contributed by atoms with E-state index in [4.69, 9.17) is 4.74 Å². The van der Waals surface area contributed by atoms with Crippen LogP contribution < -0.4 is 5.56 Å². The molecule has 0 N–H and O–H groups in total. The molecule has 0 radical (unpaired) electrons. The number of esters is 1. The lowest BCUT2D eigenvalue weighted by molar-refractivity contribution is -0.155. The van der Waals surface area contributed by atoms with Crippen LogP contribution in [-0.2, 0) is 16.1 Å². The predicted octanol–water partition coefficient (Wildman–Crippen LogP) is 1.93. The molecule has 0 amide bonds. The fourth-order valence-corrected chi connectivity index (χ4v) is 1.56. The lowest BCUT2D eigenvalue weighted by atomic mass is 10.2. The molecular weight excluding hydrogens is 340 g/mol. The second-order valence-corrected chi connectivity index (χ2v) is 5.68. The summed E-state index contributed by atoms with van der Waals surface area (Å²) in [5.74, 6) is -1.10. The van der Waals surface area contributed by atoms with Crippen LogP contribution >= 0.6 is 22.6 Å². The molecule has 0 aliphatic heterocycles. The van der Waals surface area contributed by atoms with Gasteiger partial charge < -0.3 is 9.30 Å². The number of pyridine rings is 1. The summed E-state index contributed by atoms with van der Waals surface area (Å²) in [7, 11) is 0. The molecule has 0 saturated carbocycles. The number of rotatable bonds is 2. The van der Waals surface area contributed by atoms with Gasteiger partial charge in [0.2, 0.25) is 0 Å². The highest BCUT2D eigenvalue weighted by Gasteiger charge is 2.17. The molecule has 0 fully saturated rings. The number of carbonyl (C=O) groups excluding carboxylic acids is 1. The number of ether oxygens (including phenoxy) is 1. The van der Waals surface area contributed by atoms with E-state index in [1.165, 1.54) is 0 Å². The van der Waals surface area contributed by atoms with Gasteiger partial charge in [-0.2, -0.15) is 0 Å². The van der Waals surface area contributed by atoms with Crippen molar-refractivity contribution in [1.82, 2.24) is 4.57 Å². The molecule has 0 saturated heterocycles. The lowest BCUT2D eigenvalue weighted by Gasteiger charge is -2.19. The van der Waals surface area contributed by atoms with Crippen molar-refractivity contribution < 1.29 is 13.9 Å². The van der Waals surface area contributed by atoms with Crippen LogP contribution in [-0.4, -0.2) is 16.1 Å². The molecule has 0 unspecified atom stereocenters. The van der Waals surface area contributed by atoms with E-state index < -0.39 is 22.9 Å². The van der Waals surface area contributed by atoms with E-state index in [0.29, 0.717) is 0 Å². The number of aromatic nitrogens is 1. The molecule has 17 heavy (non-hydrogen) atoms. The summed E-state index contributed by atoms with van der Waals surface area (Å²) in [4.78, 5) is 22.9. The first-order chi connectivity index (χ1) is 7.69. The van der Waals surface area contributed by atoms with Gasteiger partial charge >= 0.3 is 5.97 Å². The molecular formula is C11H13FINO3. The van der Waals surface area contributed by atoms with Gasteiger partial charge in [0.25, 0.3) is 5.56 Å².